The van der Waals surface area contributed by atoms with Crippen LogP contribution in [-0.2, 0) is 4.74 Å². The molecule has 3 heterocycles. The zero-order valence-electron chi connectivity index (χ0n) is 18.7. The van der Waals surface area contributed by atoms with Crippen LogP contribution >= 0.6 is 11.3 Å². The number of carbonyl (C=O) groups excluding carboxylic acids is 2. The van der Waals surface area contributed by atoms with Crippen molar-refractivity contribution >= 4 is 33.9 Å². The summed E-state index contributed by atoms with van der Waals surface area (Å²) < 4.78 is 5.99. The van der Waals surface area contributed by atoms with Gasteiger partial charge in [0.1, 0.15) is 0 Å². The van der Waals surface area contributed by atoms with Crippen molar-refractivity contribution in [1.82, 2.24) is 14.7 Å². The number of morpholine rings is 1. The normalized spacial score (nSPS) is 20.1. The quantitative estimate of drug-likeness (QED) is 0.593. The first-order chi connectivity index (χ1) is 16.2. The van der Waals surface area contributed by atoms with E-state index in [2.05, 4.69) is 11.0 Å². The third-order valence-electron chi connectivity index (χ3n) is 6.49. The van der Waals surface area contributed by atoms with E-state index >= 15 is 0 Å². The summed E-state index contributed by atoms with van der Waals surface area (Å²) in [5, 5.41) is 4.18. The molecule has 0 radical (unpaired) electrons. The lowest BCUT2D eigenvalue weighted by atomic mass is 10.1. The number of ether oxygens (including phenoxy) is 1. The lowest BCUT2D eigenvalue weighted by Gasteiger charge is -2.35. The van der Waals surface area contributed by atoms with Crippen molar-refractivity contribution in [2.24, 2.45) is 0 Å². The Bertz CT molecular complexity index is 1120. The van der Waals surface area contributed by atoms with Gasteiger partial charge in [0.2, 0.25) is 0 Å². The lowest BCUT2D eigenvalue weighted by Crippen LogP contribution is -2.50. The maximum absolute atomic E-state index is 13.2. The van der Waals surface area contributed by atoms with Crippen molar-refractivity contribution in [2.75, 3.05) is 52.4 Å². The van der Waals surface area contributed by atoms with Gasteiger partial charge in [0, 0.05) is 44.8 Å². The maximum Gasteiger partial charge on any atom is 0.264 e. The van der Waals surface area contributed by atoms with E-state index in [1.165, 1.54) is 11.3 Å². The SMILES string of the molecule is O=C(c1ccc2ccccc2c1)N1CCCN(C[C@@H]2CN(C(=O)c3cccs3)CCO2)CC1. The molecule has 0 spiro atoms. The second-order valence-corrected chi connectivity index (χ2v) is 9.68. The Hall–Kier alpha value is -2.74. The van der Waals surface area contributed by atoms with Gasteiger partial charge in [-0.15, -0.1) is 11.3 Å². The largest absolute Gasteiger partial charge is 0.373 e. The highest BCUT2D eigenvalue weighted by Gasteiger charge is 2.28. The summed E-state index contributed by atoms with van der Waals surface area (Å²) in [5.74, 6) is 0.200. The highest BCUT2D eigenvalue weighted by molar-refractivity contribution is 7.12. The van der Waals surface area contributed by atoms with E-state index in [-0.39, 0.29) is 17.9 Å². The fourth-order valence-corrected chi connectivity index (χ4v) is 5.41. The summed E-state index contributed by atoms with van der Waals surface area (Å²) in [4.78, 5) is 32.9. The number of benzene rings is 2. The van der Waals surface area contributed by atoms with Gasteiger partial charge in [-0.05, 0) is 47.3 Å². The second kappa shape index (κ2) is 10.0. The summed E-state index contributed by atoms with van der Waals surface area (Å²) in [5.41, 5.74) is 0.750. The number of hydrogen-bond donors (Lipinski definition) is 0. The third-order valence-corrected chi connectivity index (χ3v) is 7.35. The smallest absolute Gasteiger partial charge is 0.264 e. The van der Waals surface area contributed by atoms with Gasteiger partial charge < -0.3 is 14.5 Å². The summed E-state index contributed by atoms with van der Waals surface area (Å²) >= 11 is 1.49. The predicted octanol–water partition coefficient (Wildman–Crippen LogP) is 3.59. The minimum atomic E-state index is 0.00500. The van der Waals surface area contributed by atoms with Gasteiger partial charge in [-0.3, -0.25) is 14.5 Å². The highest BCUT2D eigenvalue weighted by atomic mass is 32.1. The van der Waals surface area contributed by atoms with E-state index in [1.807, 2.05) is 63.7 Å². The molecule has 6 nitrogen and oxygen atoms in total. The van der Waals surface area contributed by atoms with Crippen LogP contribution in [0.3, 0.4) is 0 Å². The third kappa shape index (κ3) is 5.11. The monoisotopic (exact) mass is 463 g/mol. The molecular weight excluding hydrogens is 434 g/mol. The lowest BCUT2D eigenvalue weighted by molar-refractivity contribution is -0.0351. The van der Waals surface area contributed by atoms with Crippen LogP contribution in [0.4, 0.5) is 0 Å². The molecule has 2 aliphatic rings. The van der Waals surface area contributed by atoms with Crippen LogP contribution in [0.1, 0.15) is 26.5 Å². The van der Waals surface area contributed by atoms with Gasteiger partial charge in [-0.25, -0.2) is 0 Å². The van der Waals surface area contributed by atoms with Crippen LogP contribution in [0.15, 0.2) is 60.0 Å². The maximum atomic E-state index is 13.2. The van der Waals surface area contributed by atoms with E-state index in [0.717, 1.165) is 53.8 Å². The van der Waals surface area contributed by atoms with Crippen LogP contribution in [0.25, 0.3) is 10.8 Å². The Morgan fingerprint density at radius 1 is 0.879 bits per heavy atom. The number of carbonyl (C=O) groups is 2. The van der Waals surface area contributed by atoms with Gasteiger partial charge in [0.15, 0.2) is 0 Å². The average molecular weight is 464 g/mol. The molecule has 0 bridgehead atoms. The highest BCUT2D eigenvalue weighted by Crippen LogP contribution is 2.19. The molecule has 2 fully saturated rings. The van der Waals surface area contributed by atoms with Crippen molar-refractivity contribution < 1.29 is 14.3 Å². The summed E-state index contributed by atoms with van der Waals surface area (Å²) in [6.07, 6.45) is 0.939. The second-order valence-electron chi connectivity index (χ2n) is 8.73. The molecule has 2 aromatic carbocycles. The van der Waals surface area contributed by atoms with E-state index in [0.29, 0.717) is 26.2 Å². The Morgan fingerprint density at radius 2 is 1.76 bits per heavy atom. The standard InChI is InChI=1S/C26H29N3O3S/c30-25(22-9-8-20-5-1-2-6-21(20)17-22)28-11-4-10-27(12-13-28)18-23-19-29(14-15-32-23)26(31)24-7-3-16-33-24/h1-3,5-9,16-17,23H,4,10-15,18-19H2/t23-/m1/s1. The summed E-state index contributed by atoms with van der Waals surface area (Å²) in [6.45, 7) is 5.83. The molecule has 0 N–H and O–H groups in total. The van der Waals surface area contributed by atoms with Crippen LogP contribution in [0.5, 0.6) is 0 Å². The molecule has 1 aromatic heterocycles. The van der Waals surface area contributed by atoms with Crippen molar-refractivity contribution in [3.63, 3.8) is 0 Å². The Labute approximate surface area is 198 Å². The summed E-state index contributed by atoms with van der Waals surface area (Å²) in [7, 11) is 0. The fraction of sp³-hybridized carbons (Fsp3) is 0.385. The zero-order chi connectivity index (χ0) is 22.6. The fourth-order valence-electron chi connectivity index (χ4n) is 4.72. The van der Waals surface area contributed by atoms with Gasteiger partial charge in [0.25, 0.3) is 11.8 Å². The van der Waals surface area contributed by atoms with Crippen molar-refractivity contribution in [1.29, 1.82) is 0 Å². The molecule has 1 atom stereocenters. The first-order valence-electron chi connectivity index (χ1n) is 11.6. The van der Waals surface area contributed by atoms with Gasteiger partial charge in [-0.1, -0.05) is 36.4 Å². The molecule has 7 heteroatoms. The Kier molecular flexibility index (Phi) is 6.71. The van der Waals surface area contributed by atoms with Gasteiger partial charge >= 0.3 is 0 Å². The number of thiophene rings is 1. The first-order valence-corrected chi connectivity index (χ1v) is 12.5. The predicted molar refractivity (Wildman–Crippen MR) is 131 cm³/mol. The molecule has 172 valence electrons. The molecule has 2 saturated heterocycles. The molecule has 3 aromatic rings. The molecule has 2 amide bonds. The van der Waals surface area contributed by atoms with E-state index in [9.17, 15) is 9.59 Å². The molecule has 0 aliphatic carbocycles. The molecule has 0 unspecified atom stereocenters. The Morgan fingerprint density at radius 3 is 2.61 bits per heavy atom. The number of nitrogens with zero attached hydrogens (tertiary/aromatic N) is 3. The zero-order valence-corrected chi connectivity index (χ0v) is 19.5. The molecule has 0 saturated carbocycles. The van der Waals surface area contributed by atoms with E-state index in [4.69, 9.17) is 4.74 Å². The average Bonchev–Trinajstić information content (AvgIpc) is 3.30. The van der Waals surface area contributed by atoms with E-state index in [1.54, 1.807) is 0 Å². The first kappa shape index (κ1) is 22.1. The van der Waals surface area contributed by atoms with Crippen LogP contribution < -0.4 is 0 Å². The van der Waals surface area contributed by atoms with Crippen molar-refractivity contribution in [2.45, 2.75) is 12.5 Å². The van der Waals surface area contributed by atoms with Gasteiger partial charge in [-0.2, -0.15) is 0 Å². The molecule has 2 aliphatic heterocycles. The van der Waals surface area contributed by atoms with Crippen LogP contribution in [0, 0.1) is 0 Å². The topological polar surface area (TPSA) is 53.1 Å². The van der Waals surface area contributed by atoms with Crippen LogP contribution in [-0.4, -0.2) is 85.0 Å². The van der Waals surface area contributed by atoms with Crippen LogP contribution in [0.2, 0.25) is 0 Å². The molecule has 33 heavy (non-hydrogen) atoms. The minimum Gasteiger partial charge on any atom is -0.373 e. The summed E-state index contributed by atoms with van der Waals surface area (Å²) in [6, 6.07) is 17.9. The molecular formula is C26H29N3O3S. The number of fused-ring (bicyclic) bond motifs is 1. The number of rotatable bonds is 4. The van der Waals surface area contributed by atoms with Crippen molar-refractivity contribution in [3.8, 4) is 0 Å². The minimum absolute atomic E-state index is 0.00500. The number of amides is 2. The number of hydrogen-bond acceptors (Lipinski definition) is 5. The molecule has 5 rings (SSSR count). The van der Waals surface area contributed by atoms with Crippen molar-refractivity contribution in [3.05, 3.63) is 70.4 Å². The van der Waals surface area contributed by atoms with E-state index < -0.39 is 0 Å². The Balaban J connectivity index is 1.17. The van der Waals surface area contributed by atoms with Gasteiger partial charge in [0.05, 0.1) is 17.6 Å².